The van der Waals surface area contributed by atoms with E-state index in [-0.39, 0.29) is 22.4 Å². The Labute approximate surface area is 171 Å². The van der Waals surface area contributed by atoms with Crippen LogP contribution in [0.25, 0.3) is 15.9 Å². The number of halogens is 4. The molecule has 29 heavy (non-hydrogen) atoms. The summed E-state index contributed by atoms with van der Waals surface area (Å²) in [7, 11) is 0. The van der Waals surface area contributed by atoms with Crippen LogP contribution in [0, 0.1) is 6.92 Å². The lowest BCUT2D eigenvalue weighted by molar-refractivity contribution is -0.141. The second-order valence-electron chi connectivity index (χ2n) is 6.07. The van der Waals surface area contributed by atoms with Gasteiger partial charge in [-0.25, -0.2) is 9.67 Å². The van der Waals surface area contributed by atoms with Crippen molar-refractivity contribution in [1.82, 2.24) is 19.1 Å². The maximum Gasteiger partial charge on any atom is 0.435 e. The van der Waals surface area contributed by atoms with E-state index in [4.69, 9.17) is 11.6 Å². The Morgan fingerprint density at radius 1 is 1.24 bits per heavy atom. The van der Waals surface area contributed by atoms with E-state index in [1.54, 1.807) is 0 Å². The van der Waals surface area contributed by atoms with Gasteiger partial charge in [0.25, 0.3) is 5.91 Å². The first-order valence-electron chi connectivity index (χ1n) is 8.20. The number of benzene rings is 1. The highest BCUT2D eigenvalue weighted by Crippen LogP contribution is 2.32. The highest BCUT2D eigenvalue weighted by Gasteiger charge is 2.36. The third kappa shape index (κ3) is 3.56. The average Bonchev–Trinajstić information content (AvgIpc) is 3.27. The molecule has 0 saturated carbocycles. The molecule has 0 aliphatic carbocycles. The van der Waals surface area contributed by atoms with Gasteiger partial charge in [-0.1, -0.05) is 23.7 Å². The van der Waals surface area contributed by atoms with Crippen molar-refractivity contribution in [3.8, 4) is 5.82 Å². The van der Waals surface area contributed by atoms with Gasteiger partial charge in [-0.3, -0.25) is 4.79 Å². The molecule has 1 amide bonds. The molecule has 3 aromatic heterocycles. The number of hydrogen-bond donors (Lipinski definition) is 1. The molecule has 0 fully saturated rings. The van der Waals surface area contributed by atoms with Crippen LogP contribution in [0.3, 0.4) is 0 Å². The van der Waals surface area contributed by atoms with Gasteiger partial charge < -0.3 is 5.32 Å². The van der Waals surface area contributed by atoms with Gasteiger partial charge >= 0.3 is 6.18 Å². The van der Waals surface area contributed by atoms with Gasteiger partial charge in [-0.05, 0) is 42.2 Å². The quantitative estimate of drug-likeness (QED) is 0.483. The molecule has 0 aliphatic heterocycles. The van der Waals surface area contributed by atoms with Crippen LogP contribution in [0.2, 0.25) is 5.02 Å². The van der Waals surface area contributed by atoms with Crippen molar-refractivity contribution in [2.24, 2.45) is 0 Å². The molecule has 3 heterocycles. The van der Waals surface area contributed by atoms with Crippen molar-refractivity contribution < 1.29 is 18.0 Å². The van der Waals surface area contributed by atoms with Crippen molar-refractivity contribution in [2.45, 2.75) is 13.1 Å². The van der Waals surface area contributed by atoms with E-state index in [1.165, 1.54) is 29.9 Å². The second-order valence-corrected chi connectivity index (χ2v) is 7.28. The molecule has 1 aromatic carbocycles. The highest BCUT2D eigenvalue weighted by atomic mass is 35.5. The average molecular weight is 438 g/mol. The molecule has 6 nitrogen and oxygen atoms in total. The minimum atomic E-state index is -4.74. The molecule has 0 radical (unpaired) electrons. The summed E-state index contributed by atoms with van der Waals surface area (Å²) < 4.78 is 45.5. The summed E-state index contributed by atoms with van der Waals surface area (Å²) in [6.07, 6.45) is -3.40. The zero-order chi connectivity index (χ0) is 20.8. The number of pyridine rings is 1. The third-order valence-electron chi connectivity index (χ3n) is 4.11. The number of fused-ring (bicyclic) bond motifs is 1. The number of carbonyl (C=O) groups is 1. The third-order valence-corrected chi connectivity index (χ3v) is 5.22. The Balaban J connectivity index is 1.80. The summed E-state index contributed by atoms with van der Waals surface area (Å²) >= 11 is 7.23. The maximum absolute atomic E-state index is 13.2. The zero-order valence-electron chi connectivity index (χ0n) is 14.7. The van der Waals surface area contributed by atoms with E-state index in [2.05, 4.69) is 19.8 Å². The molecular weight excluding hydrogens is 427 g/mol. The summed E-state index contributed by atoms with van der Waals surface area (Å²) in [4.78, 5) is 16.8. The number of nitrogens with zero attached hydrogens (tertiary/aromatic N) is 4. The lowest BCUT2D eigenvalue weighted by atomic mass is 10.1. The number of hydrogen-bond acceptors (Lipinski definition) is 5. The van der Waals surface area contributed by atoms with Crippen LogP contribution >= 0.6 is 23.1 Å². The Morgan fingerprint density at radius 2 is 2.03 bits per heavy atom. The fourth-order valence-electron chi connectivity index (χ4n) is 2.79. The number of nitrogens with one attached hydrogen (secondary N) is 1. The summed E-state index contributed by atoms with van der Waals surface area (Å²) in [5.41, 5.74) is -0.722. The van der Waals surface area contributed by atoms with E-state index in [9.17, 15) is 18.0 Å². The van der Waals surface area contributed by atoms with Gasteiger partial charge in [0.05, 0.1) is 9.72 Å². The molecule has 1 N–H and O–H groups in total. The lowest BCUT2D eigenvalue weighted by Crippen LogP contribution is -2.18. The molecule has 0 bridgehead atoms. The van der Waals surface area contributed by atoms with Crippen molar-refractivity contribution in [3.05, 3.63) is 64.6 Å². The second kappa shape index (κ2) is 7.12. The number of anilines is 1. The van der Waals surface area contributed by atoms with E-state index >= 15 is 0 Å². The SMILES string of the molecule is Cc1cccc2snc(NC(=O)c3cc(C(F)(F)F)nn3-c3ncccc3Cl)c12. The van der Waals surface area contributed by atoms with Crippen LogP contribution in [0.4, 0.5) is 19.0 Å². The number of aromatic nitrogens is 4. The van der Waals surface area contributed by atoms with Crippen LogP contribution in [0.1, 0.15) is 21.7 Å². The van der Waals surface area contributed by atoms with E-state index in [1.807, 2.05) is 25.1 Å². The van der Waals surface area contributed by atoms with Crippen LogP contribution in [0.5, 0.6) is 0 Å². The van der Waals surface area contributed by atoms with Crippen molar-refractivity contribution in [1.29, 1.82) is 0 Å². The molecule has 0 saturated heterocycles. The standard InChI is InChI=1S/C18H11ClF3N5OS/c1-9-4-2-6-12-14(9)15(26-29-12)24-17(28)11-8-13(18(20,21)22)25-27(11)16-10(19)5-3-7-23-16/h2-8H,1H3,(H,24,26,28). The van der Waals surface area contributed by atoms with Crippen LogP contribution in [-0.2, 0) is 6.18 Å². The first kappa shape index (κ1) is 19.3. The smallest absolute Gasteiger partial charge is 0.304 e. The Bertz CT molecular complexity index is 1230. The minimum absolute atomic E-state index is 0.0494. The zero-order valence-corrected chi connectivity index (χ0v) is 16.2. The molecule has 4 aromatic rings. The van der Waals surface area contributed by atoms with E-state index < -0.39 is 17.8 Å². The van der Waals surface area contributed by atoms with Gasteiger partial charge in [0.2, 0.25) is 0 Å². The Kier molecular flexibility index (Phi) is 4.75. The molecule has 0 unspecified atom stereocenters. The summed E-state index contributed by atoms with van der Waals surface area (Å²) in [6.45, 7) is 1.85. The summed E-state index contributed by atoms with van der Waals surface area (Å²) in [5.74, 6) is -0.638. The lowest BCUT2D eigenvalue weighted by Gasteiger charge is -2.08. The van der Waals surface area contributed by atoms with Crippen molar-refractivity contribution in [2.75, 3.05) is 5.32 Å². The van der Waals surface area contributed by atoms with Gasteiger partial charge in [0.1, 0.15) is 5.69 Å². The summed E-state index contributed by atoms with van der Waals surface area (Å²) in [6, 6.07) is 9.17. The van der Waals surface area contributed by atoms with Gasteiger partial charge in [0, 0.05) is 17.6 Å². The van der Waals surface area contributed by atoms with E-state index in [0.717, 1.165) is 20.3 Å². The number of carbonyl (C=O) groups excluding carboxylic acids is 1. The monoisotopic (exact) mass is 437 g/mol. The molecule has 148 valence electrons. The van der Waals surface area contributed by atoms with Gasteiger partial charge in [0.15, 0.2) is 17.3 Å². The predicted molar refractivity (Wildman–Crippen MR) is 104 cm³/mol. The number of aryl methyl sites for hydroxylation is 1. The first-order valence-corrected chi connectivity index (χ1v) is 9.35. The van der Waals surface area contributed by atoms with Crippen LogP contribution < -0.4 is 5.32 Å². The van der Waals surface area contributed by atoms with Crippen LogP contribution in [-0.4, -0.2) is 25.0 Å². The maximum atomic E-state index is 13.2. The Hall–Kier alpha value is -2.98. The number of rotatable bonds is 3. The molecular formula is C18H11ClF3N5OS. The molecule has 0 atom stereocenters. The van der Waals surface area contributed by atoms with Crippen LogP contribution in [0.15, 0.2) is 42.6 Å². The highest BCUT2D eigenvalue weighted by molar-refractivity contribution is 7.13. The van der Waals surface area contributed by atoms with Crippen molar-refractivity contribution in [3.63, 3.8) is 0 Å². The molecule has 4 rings (SSSR count). The molecule has 0 spiro atoms. The van der Waals surface area contributed by atoms with Gasteiger partial charge in [-0.15, -0.1) is 0 Å². The number of amides is 1. The topological polar surface area (TPSA) is 72.7 Å². The molecule has 0 aliphatic rings. The van der Waals surface area contributed by atoms with E-state index in [0.29, 0.717) is 6.07 Å². The van der Waals surface area contributed by atoms with Gasteiger partial charge in [-0.2, -0.15) is 22.6 Å². The fourth-order valence-corrected chi connectivity index (χ4v) is 3.81. The number of alkyl halides is 3. The Morgan fingerprint density at radius 3 is 2.76 bits per heavy atom. The predicted octanol–water partition coefficient (Wildman–Crippen LogP) is 5.11. The molecule has 11 heteroatoms. The first-order chi connectivity index (χ1) is 13.8. The normalized spacial score (nSPS) is 11.8. The summed E-state index contributed by atoms with van der Waals surface area (Å²) in [5, 5.41) is 6.86. The largest absolute Gasteiger partial charge is 0.435 e. The minimum Gasteiger partial charge on any atom is -0.304 e. The van der Waals surface area contributed by atoms with Crippen molar-refractivity contribution >= 4 is 44.9 Å². The fraction of sp³-hybridized carbons (Fsp3) is 0.111.